The van der Waals surface area contributed by atoms with E-state index < -0.39 is 7.14 Å². The second-order valence-electron chi connectivity index (χ2n) is 7.49. The van der Waals surface area contributed by atoms with Crippen LogP contribution in [0, 0.1) is 0 Å². The van der Waals surface area contributed by atoms with Gasteiger partial charge in [0.15, 0.2) is 0 Å². The van der Waals surface area contributed by atoms with Crippen molar-refractivity contribution in [1.29, 1.82) is 0 Å². The van der Waals surface area contributed by atoms with E-state index in [0.29, 0.717) is 6.04 Å². The van der Waals surface area contributed by atoms with Crippen LogP contribution in [-0.4, -0.2) is 30.2 Å². The molecule has 2 nitrogen and oxygen atoms in total. The van der Waals surface area contributed by atoms with Crippen molar-refractivity contribution in [1.82, 2.24) is 4.90 Å². The molecule has 2 aromatic carbocycles. The maximum absolute atomic E-state index is 14.4. The van der Waals surface area contributed by atoms with Crippen molar-refractivity contribution in [2.45, 2.75) is 51.5 Å². The minimum absolute atomic E-state index is 0.426. The molecular weight excluding hydrogens is 337 g/mol. The van der Waals surface area contributed by atoms with E-state index in [4.69, 9.17) is 0 Å². The Morgan fingerprint density at radius 3 is 2.12 bits per heavy atom. The van der Waals surface area contributed by atoms with Crippen LogP contribution in [0.1, 0.15) is 45.4 Å². The number of hydrogen-bond donors (Lipinski definition) is 0. The normalized spacial score (nSPS) is 19.2. The van der Waals surface area contributed by atoms with Crippen molar-refractivity contribution in [3.63, 3.8) is 0 Å². The summed E-state index contributed by atoms with van der Waals surface area (Å²) in [4.78, 5) is 2.63. The summed E-state index contributed by atoms with van der Waals surface area (Å²) in [6.45, 7) is 4.56. The fourth-order valence-electron chi connectivity index (χ4n) is 4.09. The van der Waals surface area contributed by atoms with E-state index in [1.807, 2.05) is 36.4 Å². The van der Waals surface area contributed by atoms with Gasteiger partial charge < -0.3 is 4.57 Å². The molecule has 0 spiro atoms. The molecule has 1 unspecified atom stereocenters. The van der Waals surface area contributed by atoms with Gasteiger partial charge in [0, 0.05) is 22.8 Å². The molecule has 1 heterocycles. The van der Waals surface area contributed by atoms with E-state index in [2.05, 4.69) is 36.1 Å². The van der Waals surface area contributed by atoms with Gasteiger partial charge >= 0.3 is 0 Å². The molecule has 0 N–H and O–H groups in total. The lowest BCUT2D eigenvalue weighted by molar-refractivity contribution is 0.212. The van der Waals surface area contributed by atoms with Gasteiger partial charge in [0.25, 0.3) is 0 Å². The highest BCUT2D eigenvalue weighted by molar-refractivity contribution is 7.78. The predicted octanol–water partition coefficient (Wildman–Crippen LogP) is 5.05. The van der Waals surface area contributed by atoms with Crippen LogP contribution in [-0.2, 0) is 4.57 Å². The molecule has 0 bridgehead atoms. The smallest absolute Gasteiger partial charge is 0.144 e. The van der Waals surface area contributed by atoms with Crippen LogP contribution < -0.4 is 10.6 Å². The Bertz CT molecular complexity index is 657. The molecule has 0 amide bonds. The third-order valence-corrected chi connectivity index (χ3v) is 8.81. The van der Waals surface area contributed by atoms with Crippen molar-refractivity contribution >= 4 is 17.8 Å². The molecule has 1 aliphatic heterocycles. The molecule has 1 saturated heterocycles. The maximum Gasteiger partial charge on any atom is 0.144 e. The van der Waals surface area contributed by atoms with Crippen LogP contribution in [0.2, 0.25) is 0 Å². The first-order valence-electron chi connectivity index (χ1n) is 10.2. The fraction of sp³-hybridized carbons (Fsp3) is 0.478. The third kappa shape index (κ3) is 4.67. The number of hydrogen-bond acceptors (Lipinski definition) is 2. The van der Waals surface area contributed by atoms with Crippen LogP contribution in [0.15, 0.2) is 60.7 Å². The number of likely N-dealkylation sites (tertiary alicyclic amines) is 1. The standard InChI is InChI=1S/C23H32NOP/c1-2-3-18-24-19-12-6-7-13-21(24)20-26(25,22-14-8-4-9-15-22)23-16-10-5-11-17-23/h4-5,8-11,14-17,21H,2-3,6-7,12-13,18-20H2,1H3. The second kappa shape index (κ2) is 9.53. The van der Waals surface area contributed by atoms with Crippen LogP contribution in [0.3, 0.4) is 0 Å². The summed E-state index contributed by atoms with van der Waals surface area (Å²) in [6, 6.07) is 20.8. The topological polar surface area (TPSA) is 20.3 Å². The number of unbranched alkanes of at least 4 members (excludes halogenated alkanes) is 1. The lowest BCUT2D eigenvalue weighted by atomic mass is 10.1. The molecular formula is C23H32NOP. The Balaban J connectivity index is 1.93. The number of benzene rings is 2. The number of rotatable bonds is 7. The Morgan fingerprint density at radius 1 is 0.923 bits per heavy atom. The van der Waals surface area contributed by atoms with Gasteiger partial charge in [0.2, 0.25) is 0 Å². The van der Waals surface area contributed by atoms with Gasteiger partial charge in [-0.25, -0.2) is 0 Å². The second-order valence-corrected chi connectivity index (χ2v) is 10.4. The summed E-state index contributed by atoms with van der Waals surface area (Å²) in [7, 11) is -2.62. The van der Waals surface area contributed by atoms with Gasteiger partial charge in [-0.05, 0) is 32.4 Å². The molecule has 1 atom stereocenters. The lowest BCUT2D eigenvalue weighted by Gasteiger charge is -2.33. The van der Waals surface area contributed by atoms with E-state index in [-0.39, 0.29) is 0 Å². The van der Waals surface area contributed by atoms with E-state index in [0.717, 1.165) is 29.9 Å². The predicted molar refractivity (Wildman–Crippen MR) is 113 cm³/mol. The average Bonchev–Trinajstić information content (AvgIpc) is 2.92. The van der Waals surface area contributed by atoms with Crippen molar-refractivity contribution in [2.24, 2.45) is 0 Å². The molecule has 140 valence electrons. The lowest BCUT2D eigenvalue weighted by Crippen LogP contribution is -2.40. The molecule has 26 heavy (non-hydrogen) atoms. The van der Waals surface area contributed by atoms with Gasteiger partial charge in [-0.2, -0.15) is 0 Å². The summed E-state index contributed by atoms with van der Waals surface area (Å²) < 4.78 is 14.4. The van der Waals surface area contributed by atoms with Gasteiger partial charge in [0.1, 0.15) is 7.14 Å². The highest BCUT2D eigenvalue weighted by atomic mass is 31.2. The number of nitrogens with zero attached hydrogens (tertiary/aromatic N) is 1. The summed E-state index contributed by atoms with van der Waals surface area (Å²) in [5, 5.41) is 2.01. The zero-order valence-electron chi connectivity index (χ0n) is 16.0. The van der Waals surface area contributed by atoms with E-state index in [9.17, 15) is 4.57 Å². The monoisotopic (exact) mass is 369 g/mol. The summed E-state index contributed by atoms with van der Waals surface area (Å²) in [5.74, 6) is 0. The van der Waals surface area contributed by atoms with Gasteiger partial charge in [-0.15, -0.1) is 0 Å². The van der Waals surface area contributed by atoms with Crippen molar-refractivity contribution in [3.05, 3.63) is 60.7 Å². The van der Waals surface area contributed by atoms with E-state index >= 15 is 0 Å². The molecule has 3 rings (SSSR count). The quantitative estimate of drug-likeness (QED) is 0.637. The molecule has 1 fully saturated rings. The Morgan fingerprint density at radius 2 is 1.54 bits per heavy atom. The van der Waals surface area contributed by atoms with E-state index in [1.165, 1.54) is 38.5 Å². The first-order valence-corrected chi connectivity index (χ1v) is 12.1. The molecule has 0 radical (unpaired) electrons. The van der Waals surface area contributed by atoms with Crippen LogP contribution in [0.25, 0.3) is 0 Å². The highest BCUT2D eigenvalue weighted by Gasteiger charge is 2.33. The average molecular weight is 369 g/mol. The van der Waals surface area contributed by atoms with E-state index in [1.54, 1.807) is 0 Å². The minimum Gasteiger partial charge on any atom is -0.314 e. The van der Waals surface area contributed by atoms with Crippen molar-refractivity contribution in [3.8, 4) is 0 Å². The zero-order valence-corrected chi connectivity index (χ0v) is 16.9. The summed E-state index contributed by atoms with van der Waals surface area (Å²) in [5.41, 5.74) is 0. The molecule has 0 saturated carbocycles. The first kappa shape index (κ1) is 19.4. The van der Waals surface area contributed by atoms with Gasteiger partial charge in [0.05, 0.1) is 0 Å². The molecule has 0 aliphatic carbocycles. The van der Waals surface area contributed by atoms with Crippen LogP contribution >= 0.6 is 7.14 Å². The fourth-order valence-corrected chi connectivity index (χ4v) is 7.13. The zero-order chi connectivity index (χ0) is 18.2. The van der Waals surface area contributed by atoms with Crippen molar-refractivity contribution < 1.29 is 4.57 Å². The van der Waals surface area contributed by atoms with Crippen molar-refractivity contribution in [2.75, 3.05) is 19.3 Å². The van der Waals surface area contributed by atoms with Crippen LogP contribution in [0.4, 0.5) is 0 Å². The molecule has 1 aliphatic rings. The maximum atomic E-state index is 14.4. The Labute approximate surface area is 159 Å². The minimum atomic E-state index is -2.62. The summed E-state index contributed by atoms with van der Waals surface area (Å²) in [6.07, 6.45) is 8.24. The SMILES string of the molecule is CCCCN1CCCCCC1CP(=O)(c1ccccc1)c1ccccc1. The Kier molecular flexibility index (Phi) is 7.11. The van der Waals surface area contributed by atoms with Crippen LogP contribution in [0.5, 0.6) is 0 Å². The third-order valence-electron chi connectivity index (χ3n) is 5.61. The van der Waals surface area contributed by atoms with Gasteiger partial charge in [-0.1, -0.05) is 86.8 Å². The first-order chi connectivity index (χ1) is 12.7. The largest absolute Gasteiger partial charge is 0.314 e. The summed E-state index contributed by atoms with van der Waals surface area (Å²) >= 11 is 0. The highest BCUT2D eigenvalue weighted by Crippen LogP contribution is 2.45. The molecule has 0 aromatic heterocycles. The molecule has 2 aromatic rings. The molecule has 3 heteroatoms. The Hall–Kier alpha value is -1.37. The van der Waals surface area contributed by atoms with Gasteiger partial charge in [-0.3, -0.25) is 4.90 Å².